The molecule has 0 radical (unpaired) electrons. The molecule has 3 fully saturated rings. The molecule has 5 nitrogen and oxygen atoms in total. The Hall–Kier alpha value is -0.650. The molecular formula is C16H28N2O3. The van der Waals surface area contributed by atoms with Crippen LogP contribution in [0.25, 0.3) is 0 Å². The number of amides is 1. The highest BCUT2D eigenvalue weighted by Gasteiger charge is 2.45. The lowest BCUT2D eigenvalue weighted by molar-refractivity contribution is -0.143. The maximum absolute atomic E-state index is 12.0. The second kappa shape index (κ2) is 6.23. The average Bonchev–Trinajstić information content (AvgIpc) is 3.25. The predicted molar refractivity (Wildman–Crippen MR) is 80.1 cm³/mol. The van der Waals surface area contributed by atoms with Gasteiger partial charge in [-0.05, 0) is 45.1 Å². The first kappa shape index (κ1) is 15.3. The van der Waals surface area contributed by atoms with E-state index >= 15 is 0 Å². The number of rotatable bonds is 5. The third-order valence-corrected chi connectivity index (χ3v) is 5.16. The molecule has 0 aromatic heterocycles. The highest BCUT2D eigenvalue weighted by molar-refractivity contribution is 5.77. The third kappa shape index (κ3) is 3.58. The molecule has 120 valence electrons. The van der Waals surface area contributed by atoms with Crippen molar-refractivity contribution in [1.29, 1.82) is 0 Å². The van der Waals surface area contributed by atoms with Gasteiger partial charge in [0.15, 0.2) is 0 Å². The van der Waals surface area contributed by atoms with Gasteiger partial charge in [0.25, 0.3) is 0 Å². The van der Waals surface area contributed by atoms with Gasteiger partial charge in [-0.25, -0.2) is 0 Å². The quantitative estimate of drug-likeness (QED) is 0.762. The fraction of sp³-hybridized carbons (Fsp3) is 0.938. The van der Waals surface area contributed by atoms with Gasteiger partial charge in [0.05, 0.1) is 12.2 Å². The van der Waals surface area contributed by atoms with Crippen molar-refractivity contribution in [3.63, 3.8) is 0 Å². The summed E-state index contributed by atoms with van der Waals surface area (Å²) < 4.78 is 11.2. The summed E-state index contributed by atoms with van der Waals surface area (Å²) in [4.78, 5) is 16.5. The topological polar surface area (TPSA) is 42.0 Å². The molecule has 5 heteroatoms. The molecule has 1 saturated carbocycles. The molecule has 0 unspecified atom stereocenters. The lowest BCUT2D eigenvalue weighted by Crippen LogP contribution is -2.51. The SMILES string of the molecule is COCC(=O)N1CCC[C@@]2(C[C@H](CN(C)C3CC3)CO2)C1. The number of piperidine rings is 1. The monoisotopic (exact) mass is 296 g/mol. The van der Waals surface area contributed by atoms with Crippen LogP contribution in [0.4, 0.5) is 0 Å². The predicted octanol–water partition coefficient (Wildman–Crippen LogP) is 1.12. The summed E-state index contributed by atoms with van der Waals surface area (Å²) >= 11 is 0. The van der Waals surface area contributed by atoms with Gasteiger partial charge in [-0.1, -0.05) is 0 Å². The Labute approximate surface area is 127 Å². The number of carbonyl (C=O) groups is 1. The summed E-state index contributed by atoms with van der Waals surface area (Å²) in [5.41, 5.74) is -0.0866. The molecule has 0 aromatic carbocycles. The zero-order chi connectivity index (χ0) is 14.9. The summed E-state index contributed by atoms with van der Waals surface area (Å²) in [6.07, 6.45) is 5.94. The summed E-state index contributed by atoms with van der Waals surface area (Å²) in [6, 6.07) is 0.813. The minimum atomic E-state index is -0.0866. The summed E-state index contributed by atoms with van der Waals surface area (Å²) in [5, 5.41) is 0. The van der Waals surface area contributed by atoms with Gasteiger partial charge in [0, 0.05) is 32.8 Å². The Balaban J connectivity index is 1.53. The normalized spacial score (nSPS) is 33.1. The molecule has 1 amide bonds. The molecule has 2 heterocycles. The van der Waals surface area contributed by atoms with Gasteiger partial charge in [0.1, 0.15) is 6.61 Å². The molecule has 2 aliphatic heterocycles. The van der Waals surface area contributed by atoms with Crippen LogP contribution < -0.4 is 0 Å². The van der Waals surface area contributed by atoms with Gasteiger partial charge < -0.3 is 19.3 Å². The molecule has 0 N–H and O–H groups in total. The second-order valence-corrected chi connectivity index (χ2v) is 7.09. The number of likely N-dealkylation sites (tertiary alicyclic amines) is 1. The van der Waals surface area contributed by atoms with E-state index < -0.39 is 0 Å². The molecule has 3 aliphatic rings. The molecule has 0 bridgehead atoms. The number of nitrogens with zero attached hydrogens (tertiary/aromatic N) is 2. The number of hydrogen-bond acceptors (Lipinski definition) is 4. The lowest BCUT2D eigenvalue weighted by atomic mass is 9.86. The maximum Gasteiger partial charge on any atom is 0.248 e. The summed E-state index contributed by atoms with van der Waals surface area (Å²) in [7, 11) is 3.81. The van der Waals surface area contributed by atoms with E-state index in [0.29, 0.717) is 5.92 Å². The number of ether oxygens (including phenoxy) is 2. The number of hydrogen-bond donors (Lipinski definition) is 0. The van der Waals surface area contributed by atoms with Crippen LogP contribution in [-0.2, 0) is 14.3 Å². The van der Waals surface area contributed by atoms with E-state index in [0.717, 1.165) is 51.5 Å². The Morgan fingerprint density at radius 2 is 2.29 bits per heavy atom. The number of carbonyl (C=O) groups excluding carboxylic acids is 1. The van der Waals surface area contributed by atoms with Gasteiger partial charge in [-0.3, -0.25) is 4.79 Å². The van der Waals surface area contributed by atoms with Crippen molar-refractivity contribution in [2.75, 3.05) is 47.0 Å². The molecule has 3 rings (SSSR count). The molecular weight excluding hydrogens is 268 g/mol. The Bertz CT molecular complexity index is 386. The third-order valence-electron chi connectivity index (χ3n) is 5.16. The van der Waals surface area contributed by atoms with E-state index in [1.165, 1.54) is 12.8 Å². The fourth-order valence-corrected chi connectivity index (χ4v) is 3.94. The molecule has 0 aromatic rings. The molecule has 1 aliphatic carbocycles. The highest BCUT2D eigenvalue weighted by atomic mass is 16.5. The fourth-order valence-electron chi connectivity index (χ4n) is 3.94. The standard InChI is InChI=1S/C16H28N2O3/c1-17(14-4-5-14)9-13-8-16(21-10-13)6-3-7-18(12-16)15(19)11-20-2/h13-14H,3-12H2,1-2H3/t13-,16-/m1/s1. The van der Waals surface area contributed by atoms with E-state index in [9.17, 15) is 4.79 Å². The number of methoxy groups -OCH3 is 1. The van der Waals surface area contributed by atoms with Crippen molar-refractivity contribution < 1.29 is 14.3 Å². The minimum absolute atomic E-state index is 0.0866. The average molecular weight is 296 g/mol. The van der Waals surface area contributed by atoms with Crippen LogP contribution in [0.2, 0.25) is 0 Å². The van der Waals surface area contributed by atoms with Gasteiger partial charge >= 0.3 is 0 Å². The van der Waals surface area contributed by atoms with Crippen molar-refractivity contribution in [3.8, 4) is 0 Å². The van der Waals surface area contributed by atoms with Crippen LogP contribution in [0.3, 0.4) is 0 Å². The van der Waals surface area contributed by atoms with Gasteiger partial charge in [-0.15, -0.1) is 0 Å². The van der Waals surface area contributed by atoms with Crippen molar-refractivity contribution >= 4 is 5.91 Å². The van der Waals surface area contributed by atoms with Crippen molar-refractivity contribution in [3.05, 3.63) is 0 Å². The smallest absolute Gasteiger partial charge is 0.248 e. The molecule has 1 spiro atoms. The molecule has 2 saturated heterocycles. The van der Waals surface area contributed by atoms with E-state index in [1.54, 1.807) is 7.11 Å². The van der Waals surface area contributed by atoms with E-state index in [2.05, 4.69) is 11.9 Å². The first-order valence-electron chi connectivity index (χ1n) is 8.23. The first-order chi connectivity index (χ1) is 10.1. The minimum Gasteiger partial charge on any atom is -0.375 e. The van der Waals surface area contributed by atoms with E-state index in [-0.39, 0.29) is 18.1 Å². The van der Waals surface area contributed by atoms with Crippen LogP contribution in [0.5, 0.6) is 0 Å². The zero-order valence-corrected chi connectivity index (χ0v) is 13.3. The van der Waals surface area contributed by atoms with Crippen LogP contribution in [-0.4, -0.2) is 74.4 Å². The second-order valence-electron chi connectivity index (χ2n) is 7.09. The van der Waals surface area contributed by atoms with Crippen LogP contribution in [0, 0.1) is 5.92 Å². The van der Waals surface area contributed by atoms with Crippen molar-refractivity contribution in [2.45, 2.75) is 43.7 Å². The van der Waals surface area contributed by atoms with Crippen molar-refractivity contribution in [2.24, 2.45) is 5.92 Å². The first-order valence-corrected chi connectivity index (χ1v) is 8.23. The van der Waals surface area contributed by atoms with E-state index in [1.807, 2.05) is 4.90 Å². The Morgan fingerprint density at radius 3 is 3.00 bits per heavy atom. The van der Waals surface area contributed by atoms with Gasteiger partial charge in [0.2, 0.25) is 5.91 Å². The highest BCUT2D eigenvalue weighted by Crippen LogP contribution is 2.38. The van der Waals surface area contributed by atoms with Gasteiger partial charge in [-0.2, -0.15) is 0 Å². The summed E-state index contributed by atoms with van der Waals surface area (Å²) in [6.45, 7) is 3.77. The summed E-state index contributed by atoms with van der Waals surface area (Å²) in [5.74, 6) is 0.715. The lowest BCUT2D eigenvalue weighted by Gasteiger charge is -2.39. The zero-order valence-electron chi connectivity index (χ0n) is 13.3. The maximum atomic E-state index is 12.0. The van der Waals surface area contributed by atoms with Crippen LogP contribution in [0.15, 0.2) is 0 Å². The van der Waals surface area contributed by atoms with Crippen LogP contribution >= 0.6 is 0 Å². The Kier molecular flexibility index (Phi) is 4.52. The largest absolute Gasteiger partial charge is 0.375 e. The molecule has 21 heavy (non-hydrogen) atoms. The Morgan fingerprint density at radius 1 is 1.48 bits per heavy atom. The van der Waals surface area contributed by atoms with Crippen molar-refractivity contribution in [1.82, 2.24) is 9.80 Å². The van der Waals surface area contributed by atoms with E-state index in [4.69, 9.17) is 9.47 Å². The van der Waals surface area contributed by atoms with Crippen LogP contribution in [0.1, 0.15) is 32.1 Å². The molecule has 2 atom stereocenters.